The maximum atomic E-state index is 9.15. The highest BCUT2D eigenvalue weighted by Gasteiger charge is 2.12. The van der Waals surface area contributed by atoms with Gasteiger partial charge in [0.05, 0.1) is 0 Å². The summed E-state index contributed by atoms with van der Waals surface area (Å²) in [6.45, 7) is 4.40. The van der Waals surface area contributed by atoms with Crippen molar-refractivity contribution in [3.8, 4) is 5.75 Å². The number of phenolic OH excluding ortho intramolecular Hbond substituents is 1. The molecule has 0 radical (unpaired) electrons. The zero-order valence-corrected chi connectivity index (χ0v) is 10.3. The zero-order valence-electron chi connectivity index (χ0n) is 8.70. The largest absolute Gasteiger partial charge is 0.508 e. The number of hydrogen-bond donors (Lipinski definition) is 1. The van der Waals surface area contributed by atoms with E-state index in [4.69, 9.17) is 5.11 Å². The van der Waals surface area contributed by atoms with Crippen LogP contribution >= 0.6 is 15.9 Å². The number of aromatic hydroxyl groups is 1. The third-order valence-corrected chi connectivity index (χ3v) is 3.36. The lowest BCUT2D eigenvalue weighted by Gasteiger charge is -2.17. The maximum absolute atomic E-state index is 9.15. The van der Waals surface area contributed by atoms with Crippen LogP contribution in [0.15, 0.2) is 24.3 Å². The first-order valence-corrected chi connectivity index (χ1v) is 5.97. The first-order chi connectivity index (χ1) is 6.63. The maximum Gasteiger partial charge on any atom is 0.115 e. The van der Waals surface area contributed by atoms with Crippen LogP contribution in [0.2, 0.25) is 0 Å². The van der Waals surface area contributed by atoms with Crippen molar-refractivity contribution in [1.82, 2.24) is 0 Å². The number of alkyl halides is 1. The summed E-state index contributed by atoms with van der Waals surface area (Å²) in [5, 5.41) is 9.15. The molecule has 1 rings (SSSR count). The van der Waals surface area contributed by atoms with Crippen molar-refractivity contribution in [2.75, 3.05) is 0 Å². The highest BCUT2D eigenvalue weighted by atomic mass is 79.9. The van der Waals surface area contributed by atoms with Crippen molar-refractivity contribution in [1.29, 1.82) is 0 Å². The number of halogens is 1. The van der Waals surface area contributed by atoms with Crippen molar-refractivity contribution in [3.63, 3.8) is 0 Å². The molecule has 1 N–H and O–H groups in total. The van der Waals surface area contributed by atoms with E-state index in [1.807, 2.05) is 12.1 Å². The summed E-state index contributed by atoms with van der Waals surface area (Å²) in [7, 11) is 0. The van der Waals surface area contributed by atoms with E-state index >= 15 is 0 Å². The minimum absolute atomic E-state index is 0.341. The van der Waals surface area contributed by atoms with Gasteiger partial charge in [-0.05, 0) is 30.0 Å². The van der Waals surface area contributed by atoms with E-state index in [0.29, 0.717) is 16.5 Å². The van der Waals surface area contributed by atoms with Crippen LogP contribution in [0.3, 0.4) is 0 Å². The van der Waals surface area contributed by atoms with Crippen LogP contribution < -0.4 is 0 Å². The standard InChI is InChI=1S/C12H17BrO/c1-3-11(9(2)13)8-10-4-6-12(14)7-5-10/h4-7,9,11,14H,3,8H2,1-2H3. The molecule has 2 atom stereocenters. The van der Waals surface area contributed by atoms with Crippen LogP contribution in [0, 0.1) is 5.92 Å². The number of phenols is 1. The highest BCUT2D eigenvalue weighted by molar-refractivity contribution is 9.09. The molecular formula is C12H17BrO. The molecule has 0 aliphatic heterocycles. The van der Waals surface area contributed by atoms with Crippen molar-refractivity contribution in [2.45, 2.75) is 31.5 Å². The van der Waals surface area contributed by atoms with Gasteiger partial charge in [-0.1, -0.05) is 48.3 Å². The van der Waals surface area contributed by atoms with E-state index in [2.05, 4.69) is 29.8 Å². The summed E-state index contributed by atoms with van der Waals surface area (Å²) in [6.07, 6.45) is 2.25. The van der Waals surface area contributed by atoms with Gasteiger partial charge in [-0.15, -0.1) is 0 Å². The second-order valence-electron chi connectivity index (χ2n) is 3.72. The summed E-state index contributed by atoms with van der Waals surface area (Å²) < 4.78 is 0. The van der Waals surface area contributed by atoms with Gasteiger partial charge in [-0.3, -0.25) is 0 Å². The summed E-state index contributed by atoms with van der Waals surface area (Å²) in [4.78, 5) is 0.543. The quantitative estimate of drug-likeness (QED) is 0.814. The second kappa shape index (κ2) is 5.40. The summed E-state index contributed by atoms with van der Waals surface area (Å²) in [5.41, 5.74) is 1.29. The monoisotopic (exact) mass is 256 g/mol. The summed E-state index contributed by atoms with van der Waals surface area (Å²) in [5.74, 6) is 1.01. The van der Waals surface area contributed by atoms with Gasteiger partial charge in [-0.2, -0.15) is 0 Å². The third kappa shape index (κ3) is 3.33. The summed E-state index contributed by atoms with van der Waals surface area (Å²) in [6, 6.07) is 7.49. The van der Waals surface area contributed by atoms with Crippen LogP contribution in [0.25, 0.3) is 0 Å². The molecule has 2 heteroatoms. The Balaban J connectivity index is 2.63. The molecule has 0 amide bonds. The average Bonchev–Trinajstić information content (AvgIpc) is 2.16. The van der Waals surface area contributed by atoms with Gasteiger partial charge >= 0.3 is 0 Å². The molecule has 0 saturated carbocycles. The number of rotatable bonds is 4. The van der Waals surface area contributed by atoms with Crippen LogP contribution in [-0.4, -0.2) is 9.93 Å². The highest BCUT2D eigenvalue weighted by Crippen LogP contribution is 2.22. The fourth-order valence-electron chi connectivity index (χ4n) is 1.57. The Morgan fingerprint density at radius 1 is 1.29 bits per heavy atom. The predicted octanol–water partition coefficient (Wildman–Crippen LogP) is 3.74. The fraction of sp³-hybridized carbons (Fsp3) is 0.500. The molecule has 0 heterocycles. The Bertz CT molecular complexity index is 266. The minimum atomic E-state index is 0.341. The Labute approximate surface area is 94.3 Å². The third-order valence-electron chi connectivity index (χ3n) is 2.61. The molecule has 0 aromatic heterocycles. The van der Waals surface area contributed by atoms with Gasteiger partial charge in [0.25, 0.3) is 0 Å². The van der Waals surface area contributed by atoms with Crippen molar-refractivity contribution in [3.05, 3.63) is 29.8 Å². The smallest absolute Gasteiger partial charge is 0.115 e. The summed E-state index contributed by atoms with van der Waals surface area (Å²) >= 11 is 3.62. The van der Waals surface area contributed by atoms with Gasteiger partial charge in [-0.25, -0.2) is 0 Å². The molecule has 0 spiro atoms. The topological polar surface area (TPSA) is 20.2 Å². The minimum Gasteiger partial charge on any atom is -0.508 e. The Hall–Kier alpha value is -0.500. The van der Waals surface area contributed by atoms with Gasteiger partial charge in [0.15, 0.2) is 0 Å². The first kappa shape index (κ1) is 11.6. The molecule has 2 unspecified atom stereocenters. The zero-order chi connectivity index (χ0) is 10.6. The van der Waals surface area contributed by atoms with Crippen LogP contribution in [0.4, 0.5) is 0 Å². The molecule has 78 valence electrons. The Kier molecular flexibility index (Phi) is 4.46. The predicted molar refractivity (Wildman–Crippen MR) is 64.0 cm³/mol. The normalized spacial score (nSPS) is 15.1. The lowest BCUT2D eigenvalue weighted by atomic mass is 9.94. The van der Waals surface area contributed by atoms with Crippen molar-refractivity contribution in [2.24, 2.45) is 5.92 Å². The van der Waals surface area contributed by atoms with Crippen LogP contribution in [0.1, 0.15) is 25.8 Å². The lowest BCUT2D eigenvalue weighted by molar-refractivity contribution is 0.473. The van der Waals surface area contributed by atoms with E-state index in [1.54, 1.807) is 12.1 Å². The van der Waals surface area contributed by atoms with Gasteiger partial charge < -0.3 is 5.11 Å². The molecule has 0 saturated heterocycles. The van der Waals surface area contributed by atoms with Crippen LogP contribution in [0.5, 0.6) is 5.75 Å². The van der Waals surface area contributed by atoms with Crippen molar-refractivity contribution < 1.29 is 5.11 Å². The molecule has 0 aliphatic rings. The fourth-order valence-corrected chi connectivity index (χ4v) is 2.13. The Morgan fingerprint density at radius 3 is 2.29 bits per heavy atom. The molecule has 14 heavy (non-hydrogen) atoms. The molecule has 0 aliphatic carbocycles. The van der Waals surface area contributed by atoms with Gasteiger partial charge in [0, 0.05) is 4.83 Å². The average molecular weight is 257 g/mol. The molecule has 1 aromatic carbocycles. The second-order valence-corrected chi connectivity index (χ2v) is 5.16. The van der Waals surface area contributed by atoms with E-state index in [1.165, 1.54) is 12.0 Å². The molecular weight excluding hydrogens is 240 g/mol. The van der Waals surface area contributed by atoms with E-state index in [0.717, 1.165) is 6.42 Å². The van der Waals surface area contributed by atoms with E-state index < -0.39 is 0 Å². The number of hydrogen-bond acceptors (Lipinski definition) is 1. The number of benzene rings is 1. The molecule has 1 aromatic rings. The first-order valence-electron chi connectivity index (χ1n) is 5.05. The van der Waals surface area contributed by atoms with E-state index in [-0.39, 0.29) is 0 Å². The van der Waals surface area contributed by atoms with E-state index in [9.17, 15) is 0 Å². The lowest BCUT2D eigenvalue weighted by Crippen LogP contribution is -2.12. The molecule has 0 fully saturated rings. The van der Waals surface area contributed by atoms with Crippen LogP contribution in [-0.2, 0) is 6.42 Å². The molecule has 0 bridgehead atoms. The van der Waals surface area contributed by atoms with Gasteiger partial charge in [0.1, 0.15) is 5.75 Å². The SMILES string of the molecule is CCC(Cc1ccc(O)cc1)C(C)Br. The van der Waals surface area contributed by atoms with Crippen molar-refractivity contribution >= 4 is 15.9 Å². The molecule has 1 nitrogen and oxygen atoms in total. The Morgan fingerprint density at radius 2 is 1.86 bits per heavy atom. The van der Waals surface area contributed by atoms with Gasteiger partial charge in [0.2, 0.25) is 0 Å².